The fraction of sp³-hybridized carbons (Fsp3) is 0.158. The average Bonchev–Trinajstić information content (AvgIpc) is 3.34. The second kappa shape index (κ2) is 9.25. The predicted octanol–water partition coefficient (Wildman–Crippen LogP) is 3.93. The number of carbonyl (C=O) groups is 2. The predicted molar refractivity (Wildman–Crippen MR) is 109 cm³/mol. The van der Waals surface area contributed by atoms with Gasteiger partial charge in [0.05, 0.1) is 24.0 Å². The molecule has 0 unspecified atom stereocenters. The Kier molecular flexibility index (Phi) is 6.51. The fourth-order valence-electron chi connectivity index (χ4n) is 2.15. The van der Waals surface area contributed by atoms with Gasteiger partial charge in [-0.25, -0.2) is 14.8 Å². The minimum atomic E-state index is -0.485. The maximum Gasteiger partial charge on any atom is 0.349 e. The lowest BCUT2D eigenvalue weighted by atomic mass is 10.2. The number of nitrogens with one attached hydrogen (secondary N) is 1. The van der Waals surface area contributed by atoms with Crippen LogP contribution in [0.15, 0.2) is 41.9 Å². The number of nitrogens with zero attached hydrogens (tertiary/aromatic N) is 2. The van der Waals surface area contributed by atoms with Crippen LogP contribution in [0.1, 0.15) is 25.9 Å². The molecule has 0 radical (unpaired) electrons. The number of aromatic nitrogens is 2. The van der Waals surface area contributed by atoms with E-state index in [9.17, 15) is 9.59 Å². The van der Waals surface area contributed by atoms with E-state index in [1.165, 1.54) is 19.4 Å². The minimum Gasteiger partial charge on any atom is -0.487 e. The zero-order chi connectivity index (χ0) is 19.9. The number of ether oxygens (including phenoxy) is 2. The highest BCUT2D eigenvalue weighted by Gasteiger charge is 2.11. The summed E-state index contributed by atoms with van der Waals surface area (Å²) in [4.78, 5) is 32.0. The van der Waals surface area contributed by atoms with Crippen molar-refractivity contribution in [2.24, 2.45) is 0 Å². The van der Waals surface area contributed by atoms with E-state index in [1.807, 2.05) is 36.6 Å². The third kappa shape index (κ3) is 5.48. The van der Waals surface area contributed by atoms with E-state index in [1.54, 1.807) is 17.4 Å². The molecule has 0 fully saturated rings. The second-order valence-corrected chi connectivity index (χ2v) is 7.65. The van der Waals surface area contributed by atoms with Crippen LogP contribution in [-0.4, -0.2) is 29.0 Å². The van der Waals surface area contributed by atoms with Gasteiger partial charge in [-0.3, -0.25) is 10.1 Å². The van der Waals surface area contributed by atoms with Crippen molar-refractivity contribution in [1.29, 1.82) is 0 Å². The van der Waals surface area contributed by atoms with Crippen LogP contribution in [0, 0.1) is 6.92 Å². The molecular weight excluding hydrogens is 398 g/mol. The van der Waals surface area contributed by atoms with Gasteiger partial charge in [-0.2, -0.15) is 0 Å². The number of benzene rings is 1. The molecule has 2 heterocycles. The number of methoxy groups -OCH3 is 1. The van der Waals surface area contributed by atoms with Crippen molar-refractivity contribution in [3.8, 4) is 5.75 Å². The Morgan fingerprint density at radius 2 is 2.04 bits per heavy atom. The summed E-state index contributed by atoms with van der Waals surface area (Å²) in [6, 6.07) is 7.37. The molecule has 28 heavy (non-hydrogen) atoms. The van der Waals surface area contributed by atoms with Gasteiger partial charge in [-0.05, 0) is 30.7 Å². The number of carbonyl (C=O) groups excluding carboxylic acids is 2. The third-order valence-electron chi connectivity index (χ3n) is 3.48. The molecule has 1 amide bonds. The number of amides is 1. The lowest BCUT2D eigenvalue weighted by molar-refractivity contribution is -0.111. The molecule has 0 saturated carbocycles. The third-order valence-corrected chi connectivity index (χ3v) is 5.20. The molecule has 2 aromatic heterocycles. The van der Waals surface area contributed by atoms with Gasteiger partial charge in [0, 0.05) is 11.5 Å². The van der Waals surface area contributed by atoms with E-state index < -0.39 is 5.97 Å². The standard InChI is InChI=1S/C19H17N3O4S2/c1-12-21-14(11-27-12)10-26-15-6-3-13(4-7-15)5-8-17(23)22-19-20-9-16(28-19)18(24)25-2/h3-9,11H,10H2,1-2H3,(H,20,22,23)/b8-5+. The van der Waals surface area contributed by atoms with E-state index in [2.05, 4.69) is 20.0 Å². The molecule has 1 N–H and O–H groups in total. The molecule has 0 aliphatic carbocycles. The Balaban J connectivity index is 1.51. The summed E-state index contributed by atoms with van der Waals surface area (Å²) in [7, 11) is 1.29. The van der Waals surface area contributed by atoms with E-state index in [0.29, 0.717) is 16.6 Å². The van der Waals surface area contributed by atoms with Gasteiger partial charge in [0.2, 0.25) is 5.91 Å². The average molecular weight is 415 g/mol. The van der Waals surface area contributed by atoms with E-state index in [0.717, 1.165) is 33.4 Å². The number of thiazole rings is 2. The lowest BCUT2D eigenvalue weighted by Crippen LogP contribution is -2.07. The SMILES string of the molecule is COC(=O)c1cnc(NC(=O)/C=C/c2ccc(OCc3csc(C)n3)cc2)s1. The number of hydrogen-bond donors (Lipinski definition) is 1. The summed E-state index contributed by atoms with van der Waals surface area (Å²) in [6.07, 6.45) is 4.44. The minimum absolute atomic E-state index is 0.324. The monoisotopic (exact) mass is 415 g/mol. The van der Waals surface area contributed by atoms with Crippen LogP contribution < -0.4 is 10.1 Å². The molecule has 0 aliphatic heterocycles. The summed E-state index contributed by atoms with van der Waals surface area (Å²) in [5, 5.41) is 5.92. The quantitative estimate of drug-likeness (QED) is 0.465. The molecular formula is C19H17N3O4S2. The van der Waals surface area contributed by atoms with Crippen molar-refractivity contribution in [2.45, 2.75) is 13.5 Å². The second-order valence-electron chi connectivity index (χ2n) is 5.56. The van der Waals surface area contributed by atoms with Gasteiger partial charge in [-0.1, -0.05) is 23.5 Å². The van der Waals surface area contributed by atoms with Crippen LogP contribution >= 0.6 is 22.7 Å². The van der Waals surface area contributed by atoms with Gasteiger partial charge in [-0.15, -0.1) is 11.3 Å². The van der Waals surface area contributed by atoms with Crippen molar-refractivity contribution < 1.29 is 19.1 Å². The molecule has 3 rings (SSSR count). The number of hydrogen-bond acceptors (Lipinski definition) is 8. The van der Waals surface area contributed by atoms with Crippen LogP contribution in [0.25, 0.3) is 6.08 Å². The first-order chi connectivity index (χ1) is 13.5. The first kappa shape index (κ1) is 19.7. The number of anilines is 1. The molecule has 0 bridgehead atoms. The first-order valence-corrected chi connectivity index (χ1v) is 9.90. The van der Waals surface area contributed by atoms with Gasteiger partial charge in [0.15, 0.2) is 5.13 Å². The molecule has 0 atom stereocenters. The lowest BCUT2D eigenvalue weighted by Gasteiger charge is -2.04. The number of aryl methyl sites for hydroxylation is 1. The van der Waals surface area contributed by atoms with Crippen LogP contribution in [0.2, 0.25) is 0 Å². The Labute approximate surface area is 169 Å². The summed E-state index contributed by atoms with van der Waals surface area (Å²) in [5.41, 5.74) is 1.75. The smallest absolute Gasteiger partial charge is 0.349 e. The van der Waals surface area contributed by atoms with Crippen LogP contribution in [-0.2, 0) is 16.1 Å². The molecule has 0 spiro atoms. The summed E-state index contributed by atoms with van der Waals surface area (Å²) < 4.78 is 10.3. The van der Waals surface area contributed by atoms with Gasteiger partial charge in [0.1, 0.15) is 17.2 Å². The van der Waals surface area contributed by atoms with Crippen LogP contribution in [0.3, 0.4) is 0 Å². The summed E-state index contributed by atoms with van der Waals surface area (Å²) in [5.74, 6) is -0.101. The van der Waals surface area contributed by atoms with Crippen LogP contribution in [0.4, 0.5) is 5.13 Å². The first-order valence-electron chi connectivity index (χ1n) is 8.20. The molecule has 0 aliphatic rings. The van der Waals surface area contributed by atoms with Crippen LogP contribution in [0.5, 0.6) is 5.75 Å². The number of rotatable bonds is 7. The van der Waals surface area contributed by atoms with Crippen molar-refractivity contribution in [1.82, 2.24) is 9.97 Å². The zero-order valence-corrected chi connectivity index (χ0v) is 16.8. The van der Waals surface area contributed by atoms with E-state index >= 15 is 0 Å². The van der Waals surface area contributed by atoms with Gasteiger partial charge >= 0.3 is 5.97 Å². The Morgan fingerprint density at radius 1 is 1.25 bits per heavy atom. The Morgan fingerprint density at radius 3 is 2.71 bits per heavy atom. The highest BCUT2D eigenvalue weighted by atomic mass is 32.1. The topological polar surface area (TPSA) is 90.4 Å². The summed E-state index contributed by atoms with van der Waals surface area (Å²) in [6.45, 7) is 2.38. The largest absolute Gasteiger partial charge is 0.487 e. The highest BCUT2D eigenvalue weighted by molar-refractivity contribution is 7.17. The Hall–Kier alpha value is -3.04. The van der Waals surface area contributed by atoms with Crippen molar-refractivity contribution in [3.63, 3.8) is 0 Å². The molecule has 144 valence electrons. The highest BCUT2D eigenvalue weighted by Crippen LogP contribution is 2.19. The molecule has 0 saturated heterocycles. The number of esters is 1. The van der Waals surface area contributed by atoms with Crippen molar-refractivity contribution >= 4 is 45.8 Å². The maximum absolute atomic E-state index is 12.0. The normalized spacial score (nSPS) is 10.8. The maximum atomic E-state index is 12.0. The molecule has 1 aromatic carbocycles. The van der Waals surface area contributed by atoms with E-state index in [-0.39, 0.29) is 5.91 Å². The molecule has 3 aromatic rings. The van der Waals surface area contributed by atoms with Crippen molar-refractivity contribution in [3.05, 3.63) is 63.1 Å². The van der Waals surface area contributed by atoms with E-state index in [4.69, 9.17) is 4.74 Å². The van der Waals surface area contributed by atoms with Gasteiger partial charge < -0.3 is 9.47 Å². The van der Waals surface area contributed by atoms with Crippen molar-refractivity contribution in [2.75, 3.05) is 12.4 Å². The van der Waals surface area contributed by atoms with Gasteiger partial charge in [0.25, 0.3) is 0 Å². The summed E-state index contributed by atoms with van der Waals surface area (Å²) >= 11 is 2.64. The Bertz CT molecular complexity index is 993. The molecule has 7 nitrogen and oxygen atoms in total. The zero-order valence-electron chi connectivity index (χ0n) is 15.2. The molecule has 9 heteroatoms. The fourth-order valence-corrected chi connectivity index (χ4v) is 3.49.